The minimum absolute atomic E-state index is 0.0742. The summed E-state index contributed by atoms with van der Waals surface area (Å²) in [6.07, 6.45) is 42.6. The molecule has 2 unspecified atom stereocenters. The average molecular weight is 592 g/mol. The molecule has 0 saturated heterocycles. The second-order valence-electron chi connectivity index (χ2n) is 12.6. The maximum Gasteiger partial charge on any atom is 0.220 e. The highest BCUT2D eigenvalue weighted by Gasteiger charge is 2.17. The van der Waals surface area contributed by atoms with Crippen molar-refractivity contribution >= 4 is 5.91 Å². The monoisotopic (exact) mass is 592 g/mol. The molecule has 0 aliphatic carbocycles. The van der Waals surface area contributed by atoms with Crippen LogP contribution in [0.3, 0.4) is 0 Å². The van der Waals surface area contributed by atoms with E-state index in [9.17, 15) is 15.0 Å². The van der Waals surface area contributed by atoms with E-state index in [4.69, 9.17) is 0 Å². The summed E-state index contributed by atoms with van der Waals surface area (Å²) in [5.41, 5.74) is 0. The van der Waals surface area contributed by atoms with Crippen molar-refractivity contribution in [3.8, 4) is 0 Å². The number of rotatable bonds is 33. The van der Waals surface area contributed by atoms with Crippen LogP contribution >= 0.6 is 0 Å². The second-order valence-corrected chi connectivity index (χ2v) is 12.6. The van der Waals surface area contributed by atoms with Gasteiger partial charge in [0.2, 0.25) is 5.91 Å². The number of carbonyl (C=O) groups excluding carboxylic acids is 1. The molecule has 0 rings (SSSR count). The first-order valence-corrected chi connectivity index (χ1v) is 18.6. The minimum Gasteiger partial charge on any atom is -0.394 e. The van der Waals surface area contributed by atoms with Crippen LogP contribution in [0.1, 0.15) is 194 Å². The first-order valence-electron chi connectivity index (χ1n) is 18.6. The van der Waals surface area contributed by atoms with Gasteiger partial charge in [-0.15, -0.1) is 0 Å². The topological polar surface area (TPSA) is 69.6 Å². The van der Waals surface area contributed by atoms with Gasteiger partial charge in [-0.2, -0.15) is 0 Å². The molecule has 4 heteroatoms. The van der Waals surface area contributed by atoms with Crippen LogP contribution in [-0.4, -0.2) is 34.9 Å². The van der Waals surface area contributed by atoms with Crippen LogP contribution in [0.5, 0.6) is 0 Å². The average Bonchev–Trinajstić information content (AvgIpc) is 2.99. The molecule has 0 aromatic heterocycles. The summed E-state index contributed by atoms with van der Waals surface area (Å²) in [4.78, 5) is 12.3. The van der Waals surface area contributed by atoms with E-state index in [0.717, 1.165) is 32.1 Å². The lowest BCUT2D eigenvalue weighted by Crippen LogP contribution is -2.45. The van der Waals surface area contributed by atoms with Gasteiger partial charge in [-0.25, -0.2) is 0 Å². The maximum absolute atomic E-state index is 12.3. The van der Waals surface area contributed by atoms with Gasteiger partial charge in [0.1, 0.15) is 0 Å². The fourth-order valence-corrected chi connectivity index (χ4v) is 5.55. The number of hydrogen-bond acceptors (Lipinski definition) is 3. The number of allylic oxidation sites excluding steroid dienone is 3. The highest BCUT2D eigenvalue weighted by atomic mass is 16.3. The summed E-state index contributed by atoms with van der Waals surface area (Å²) in [5, 5.41) is 22.9. The number of aliphatic hydroxyl groups excluding tert-OH is 2. The summed E-state index contributed by atoms with van der Waals surface area (Å²) in [6, 6.07) is -0.632. The summed E-state index contributed by atoms with van der Waals surface area (Å²) in [5.74, 6) is -0.0742. The van der Waals surface area contributed by atoms with Crippen molar-refractivity contribution in [1.29, 1.82) is 0 Å². The molecule has 0 aromatic carbocycles. The second kappa shape index (κ2) is 34.4. The van der Waals surface area contributed by atoms with Crippen LogP contribution in [-0.2, 0) is 4.79 Å². The van der Waals surface area contributed by atoms with Crippen LogP contribution in [0, 0.1) is 0 Å². The van der Waals surface area contributed by atoms with E-state index in [2.05, 4.69) is 31.3 Å². The van der Waals surface area contributed by atoms with Crippen LogP contribution < -0.4 is 5.32 Å². The number of unbranched alkanes of at least 4 members (excludes halogenated alkanes) is 24. The summed E-state index contributed by atoms with van der Waals surface area (Å²) in [7, 11) is 0. The molecule has 0 fully saturated rings. The van der Waals surface area contributed by atoms with Crippen molar-refractivity contribution in [2.45, 2.75) is 206 Å². The van der Waals surface area contributed by atoms with Gasteiger partial charge in [-0.05, 0) is 32.1 Å². The molecule has 0 aromatic rings. The Morgan fingerprint density at radius 1 is 0.548 bits per heavy atom. The number of aliphatic hydroxyl groups is 2. The van der Waals surface area contributed by atoms with Gasteiger partial charge in [0.05, 0.1) is 18.8 Å². The van der Waals surface area contributed by atoms with Crippen molar-refractivity contribution in [2.75, 3.05) is 6.61 Å². The Labute approximate surface area is 262 Å². The van der Waals surface area contributed by atoms with E-state index < -0.39 is 12.1 Å². The Bertz CT molecular complexity index is 603. The lowest BCUT2D eigenvalue weighted by atomic mass is 10.0. The summed E-state index contributed by atoms with van der Waals surface area (Å²) >= 11 is 0. The van der Waals surface area contributed by atoms with E-state index >= 15 is 0 Å². The van der Waals surface area contributed by atoms with Gasteiger partial charge in [-0.1, -0.05) is 179 Å². The molecule has 0 saturated carbocycles. The van der Waals surface area contributed by atoms with Crippen LogP contribution in [0.25, 0.3) is 0 Å². The zero-order valence-corrected chi connectivity index (χ0v) is 28.3. The summed E-state index contributed by atoms with van der Waals surface area (Å²) in [6.45, 7) is 4.29. The fourth-order valence-electron chi connectivity index (χ4n) is 5.55. The van der Waals surface area contributed by atoms with Crippen molar-refractivity contribution in [3.63, 3.8) is 0 Å². The predicted molar refractivity (Wildman–Crippen MR) is 184 cm³/mol. The van der Waals surface area contributed by atoms with Crippen molar-refractivity contribution in [1.82, 2.24) is 5.32 Å². The Balaban J connectivity index is 3.65. The fraction of sp³-hybridized carbons (Fsp3) is 0.868. The first kappa shape index (κ1) is 40.9. The zero-order valence-electron chi connectivity index (χ0n) is 28.3. The molecular weight excluding hydrogens is 518 g/mol. The lowest BCUT2D eigenvalue weighted by Gasteiger charge is -2.19. The van der Waals surface area contributed by atoms with Gasteiger partial charge in [0.25, 0.3) is 0 Å². The number of carbonyl (C=O) groups is 1. The van der Waals surface area contributed by atoms with Crippen LogP contribution in [0.15, 0.2) is 24.3 Å². The first-order chi connectivity index (χ1) is 20.7. The van der Waals surface area contributed by atoms with E-state index in [-0.39, 0.29) is 12.5 Å². The van der Waals surface area contributed by atoms with Gasteiger partial charge in [-0.3, -0.25) is 4.79 Å². The van der Waals surface area contributed by atoms with E-state index in [1.54, 1.807) is 6.08 Å². The normalized spacial score (nSPS) is 13.3. The Hall–Kier alpha value is -1.13. The third-order valence-electron chi connectivity index (χ3n) is 8.44. The van der Waals surface area contributed by atoms with Crippen molar-refractivity contribution < 1.29 is 15.0 Å². The Morgan fingerprint density at radius 2 is 0.929 bits per heavy atom. The standard InChI is InChI=1S/C38H73NO3/c1-3-5-7-9-11-13-15-17-18-19-20-22-23-25-27-29-31-33-37(41)36(35-40)39-38(42)34-32-30-28-26-24-21-16-14-12-10-8-6-4-2/h23,25,31,33,36-37,40-41H,3-22,24,26-30,32,34-35H2,1-2H3,(H,39,42). The van der Waals surface area contributed by atoms with Crippen molar-refractivity contribution in [3.05, 3.63) is 24.3 Å². The number of amides is 1. The number of nitrogens with one attached hydrogen (secondary N) is 1. The highest BCUT2D eigenvalue weighted by molar-refractivity contribution is 5.76. The molecule has 42 heavy (non-hydrogen) atoms. The van der Waals surface area contributed by atoms with E-state index in [1.807, 2.05) is 6.08 Å². The lowest BCUT2D eigenvalue weighted by molar-refractivity contribution is -0.123. The molecule has 1 amide bonds. The molecule has 0 heterocycles. The highest BCUT2D eigenvalue weighted by Crippen LogP contribution is 2.14. The van der Waals surface area contributed by atoms with Gasteiger partial charge in [0.15, 0.2) is 0 Å². The largest absolute Gasteiger partial charge is 0.394 e. The maximum atomic E-state index is 12.3. The zero-order chi connectivity index (χ0) is 30.8. The Kier molecular flexibility index (Phi) is 33.4. The van der Waals surface area contributed by atoms with Crippen molar-refractivity contribution in [2.24, 2.45) is 0 Å². The molecule has 0 aliphatic heterocycles. The third-order valence-corrected chi connectivity index (χ3v) is 8.44. The molecule has 0 bridgehead atoms. The van der Waals surface area contributed by atoms with E-state index in [1.165, 1.54) is 141 Å². The van der Waals surface area contributed by atoms with Gasteiger partial charge in [0, 0.05) is 6.42 Å². The molecule has 4 nitrogen and oxygen atoms in total. The molecule has 2 atom stereocenters. The SMILES string of the molecule is CCCCCCCCCCCCCC=CCCC=CC(O)C(CO)NC(=O)CCCCCCCCCCCCCCC. The molecular formula is C38H73NO3. The quantitative estimate of drug-likeness (QED) is 0.0525. The molecule has 0 aliphatic rings. The van der Waals surface area contributed by atoms with E-state index in [0.29, 0.717) is 6.42 Å². The Morgan fingerprint density at radius 3 is 1.38 bits per heavy atom. The molecule has 0 radical (unpaired) electrons. The van der Waals surface area contributed by atoms with Crippen LogP contribution in [0.2, 0.25) is 0 Å². The molecule has 248 valence electrons. The van der Waals surface area contributed by atoms with Crippen LogP contribution in [0.4, 0.5) is 0 Å². The minimum atomic E-state index is -0.856. The van der Waals surface area contributed by atoms with Gasteiger partial charge < -0.3 is 15.5 Å². The molecule has 0 spiro atoms. The number of hydrogen-bond donors (Lipinski definition) is 3. The molecule has 3 N–H and O–H groups in total. The predicted octanol–water partition coefficient (Wildman–Crippen LogP) is 10.9. The third kappa shape index (κ3) is 30.3. The van der Waals surface area contributed by atoms with Gasteiger partial charge >= 0.3 is 0 Å². The smallest absolute Gasteiger partial charge is 0.220 e. The summed E-state index contributed by atoms with van der Waals surface area (Å²) < 4.78 is 0.